The van der Waals surface area contributed by atoms with E-state index in [0.29, 0.717) is 31.2 Å². The van der Waals surface area contributed by atoms with Gasteiger partial charge in [0.2, 0.25) is 11.8 Å². The fraction of sp³-hybridized carbons (Fsp3) is 0.891. The van der Waals surface area contributed by atoms with E-state index in [-0.39, 0.29) is 68.7 Å². The summed E-state index contributed by atoms with van der Waals surface area (Å²) in [5, 5.41) is 36.8. The van der Waals surface area contributed by atoms with Gasteiger partial charge >= 0.3 is 5.97 Å². The lowest BCUT2D eigenvalue weighted by atomic mass is 9.33. The lowest BCUT2D eigenvalue weighted by molar-refractivity contribution is -0.203. The van der Waals surface area contributed by atoms with Crippen molar-refractivity contribution in [2.75, 3.05) is 6.54 Å². The van der Waals surface area contributed by atoms with Crippen molar-refractivity contribution >= 4 is 17.8 Å². The number of aliphatic hydroxyl groups excluding tert-OH is 2. The van der Waals surface area contributed by atoms with Crippen molar-refractivity contribution in [2.24, 2.45) is 56.2 Å². The van der Waals surface area contributed by atoms with E-state index in [1.54, 1.807) is 5.57 Å². The number of carboxylic acids is 1. The molecule has 4 fully saturated rings. The topological polar surface area (TPSA) is 136 Å². The number of fused-ring (bicyclic) bond motifs is 7. The van der Waals surface area contributed by atoms with E-state index >= 15 is 0 Å². The quantitative estimate of drug-likeness (QED) is 0.0837. The molecule has 8 heteroatoms. The molecule has 0 spiro atoms. The van der Waals surface area contributed by atoms with Gasteiger partial charge in [-0.1, -0.05) is 93.2 Å². The van der Waals surface area contributed by atoms with E-state index in [1.807, 2.05) is 13.8 Å². The zero-order valence-corrected chi connectivity index (χ0v) is 35.6. The average Bonchev–Trinajstić information content (AvgIpc) is 3.07. The van der Waals surface area contributed by atoms with Gasteiger partial charge in [0.25, 0.3) is 0 Å². The monoisotopic (exact) mass is 755 g/mol. The molecule has 5 N–H and O–H groups in total. The Bertz CT molecular complexity index is 1400. The number of aliphatic carboxylic acids is 1. The summed E-state index contributed by atoms with van der Waals surface area (Å²) in [6, 6.07) is -0.553. The molecular weight excluding hydrogens is 677 g/mol. The van der Waals surface area contributed by atoms with E-state index in [9.17, 15) is 24.6 Å². The number of rotatable bonds is 15. The highest BCUT2D eigenvalue weighted by atomic mass is 16.4. The number of aliphatic hydroxyl groups is 2. The summed E-state index contributed by atoms with van der Waals surface area (Å²) in [4.78, 5) is 38.2. The first-order chi connectivity index (χ1) is 25.1. The molecule has 5 aliphatic carbocycles. The van der Waals surface area contributed by atoms with E-state index in [0.717, 1.165) is 83.5 Å². The number of allylic oxidation sites excluding steroid dienone is 2. The first-order valence-corrected chi connectivity index (χ1v) is 22.0. The summed E-state index contributed by atoms with van der Waals surface area (Å²) in [5.41, 5.74) is 1.90. The number of hydrogen-bond donors (Lipinski definition) is 5. The summed E-state index contributed by atoms with van der Waals surface area (Å²) < 4.78 is 0. The van der Waals surface area contributed by atoms with Crippen LogP contribution in [-0.4, -0.2) is 57.9 Å². The molecule has 54 heavy (non-hydrogen) atoms. The fourth-order valence-corrected chi connectivity index (χ4v) is 13.4. The first-order valence-electron chi connectivity index (χ1n) is 22.0. The van der Waals surface area contributed by atoms with Gasteiger partial charge in [-0.3, -0.25) is 14.4 Å². The molecule has 10 atom stereocenters. The van der Waals surface area contributed by atoms with Gasteiger partial charge in [-0.25, -0.2) is 0 Å². The van der Waals surface area contributed by atoms with E-state index in [4.69, 9.17) is 5.11 Å². The maximum Gasteiger partial charge on any atom is 0.306 e. The maximum atomic E-state index is 14.5. The molecule has 0 aromatic rings. The second-order valence-corrected chi connectivity index (χ2v) is 21.5. The Balaban J connectivity index is 1.16. The summed E-state index contributed by atoms with van der Waals surface area (Å²) >= 11 is 0. The third-order valence-corrected chi connectivity index (χ3v) is 16.9. The van der Waals surface area contributed by atoms with Gasteiger partial charge in [0, 0.05) is 13.0 Å². The molecule has 308 valence electrons. The zero-order valence-electron chi connectivity index (χ0n) is 35.6. The number of amides is 2. The van der Waals surface area contributed by atoms with Crippen LogP contribution in [0.5, 0.6) is 0 Å². The minimum absolute atomic E-state index is 0.0587. The first kappa shape index (κ1) is 43.2. The number of carboxylic acid groups (broad SMARTS) is 1. The minimum Gasteiger partial charge on any atom is -0.481 e. The lowest BCUT2D eigenvalue weighted by Gasteiger charge is -2.71. The number of unbranched alkanes of at least 4 members (excludes halogenated alkanes) is 4. The number of nitrogens with one attached hydrogen (secondary N) is 2. The molecule has 0 aromatic carbocycles. The zero-order chi connectivity index (χ0) is 39.9. The van der Waals surface area contributed by atoms with Crippen molar-refractivity contribution < 1.29 is 29.7 Å². The molecule has 5 aliphatic rings. The van der Waals surface area contributed by atoms with Crippen LogP contribution in [0.3, 0.4) is 0 Å². The normalized spacial score (nSPS) is 37.7. The van der Waals surface area contributed by atoms with Crippen LogP contribution in [0.25, 0.3) is 0 Å². The van der Waals surface area contributed by atoms with Crippen LogP contribution >= 0.6 is 0 Å². The van der Waals surface area contributed by atoms with Crippen molar-refractivity contribution in [1.82, 2.24) is 10.6 Å². The molecule has 4 saturated carbocycles. The van der Waals surface area contributed by atoms with Crippen molar-refractivity contribution in [1.29, 1.82) is 0 Å². The third-order valence-electron chi connectivity index (χ3n) is 16.9. The molecule has 0 heterocycles. The summed E-state index contributed by atoms with van der Waals surface area (Å²) in [6.07, 6.45) is 17.1. The molecule has 0 radical (unpaired) electrons. The Kier molecular flexibility index (Phi) is 12.9. The second kappa shape index (κ2) is 16.1. The van der Waals surface area contributed by atoms with Crippen molar-refractivity contribution in [2.45, 2.75) is 196 Å². The molecule has 8 nitrogen and oxygen atoms in total. The molecule has 0 aromatic heterocycles. The van der Waals surface area contributed by atoms with Gasteiger partial charge in [0.1, 0.15) is 0 Å². The van der Waals surface area contributed by atoms with Crippen LogP contribution in [0.1, 0.15) is 178 Å². The standard InChI is InChI=1S/C46H78N2O6/c1-30(2)27-33(34(49)28-39(52)53)48-38(51)15-13-11-10-12-14-26-47-40(54)46-24-22-41(3,4)29-32(46)31-16-17-36-43(7)20-19-37(50)42(5,6)35(43)18-21-45(36,9)44(31,8)23-25-46/h16,30,32-37,49-50H,10-15,17-29H2,1-9H3,(H,47,54)(H,48,51)(H,52,53)/t32-,33-,34+,35-,36+,37-,43-,44+,45+,46-/m0/s1. The van der Waals surface area contributed by atoms with Crippen LogP contribution in [0, 0.1) is 56.2 Å². The van der Waals surface area contributed by atoms with Crippen LogP contribution in [0.2, 0.25) is 0 Å². The van der Waals surface area contributed by atoms with Crippen LogP contribution in [0.4, 0.5) is 0 Å². The molecule has 2 amide bonds. The van der Waals surface area contributed by atoms with Crippen molar-refractivity contribution in [3.05, 3.63) is 11.6 Å². The van der Waals surface area contributed by atoms with Gasteiger partial charge in [-0.2, -0.15) is 0 Å². The Hall–Kier alpha value is -1.93. The highest BCUT2D eigenvalue weighted by Gasteiger charge is 2.69. The van der Waals surface area contributed by atoms with Crippen LogP contribution in [-0.2, 0) is 14.4 Å². The Morgan fingerprint density at radius 2 is 1.52 bits per heavy atom. The van der Waals surface area contributed by atoms with Crippen molar-refractivity contribution in [3.63, 3.8) is 0 Å². The summed E-state index contributed by atoms with van der Waals surface area (Å²) in [7, 11) is 0. The smallest absolute Gasteiger partial charge is 0.306 e. The largest absolute Gasteiger partial charge is 0.481 e. The predicted molar refractivity (Wildman–Crippen MR) is 215 cm³/mol. The average molecular weight is 755 g/mol. The van der Waals surface area contributed by atoms with Gasteiger partial charge in [0.05, 0.1) is 30.1 Å². The van der Waals surface area contributed by atoms with E-state index in [2.05, 4.69) is 65.2 Å². The Morgan fingerprint density at radius 3 is 2.20 bits per heavy atom. The number of hydrogen-bond acceptors (Lipinski definition) is 5. The highest BCUT2D eigenvalue weighted by Crippen LogP contribution is 2.75. The van der Waals surface area contributed by atoms with Crippen LogP contribution in [0.15, 0.2) is 11.6 Å². The Labute approximate surface area is 327 Å². The van der Waals surface area contributed by atoms with Gasteiger partial charge in [0.15, 0.2) is 0 Å². The molecule has 0 bridgehead atoms. The summed E-state index contributed by atoms with van der Waals surface area (Å²) in [6.45, 7) is 21.9. The van der Waals surface area contributed by atoms with Gasteiger partial charge < -0.3 is 26.0 Å². The van der Waals surface area contributed by atoms with Crippen LogP contribution < -0.4 is 10.6 Å². The maximum absolute atomic E-state index is 14.5. The lowest BCUT2D eigenvalue weighted by Crippen LogP contribution is -2.65. The fourth-order valence-electron chi connectivity index (χ4n) is 13.4. The number of carbonyl (C=O) groups is 3. The molecule has 0 saturated heterocycles. The van der Waals surface area contributed by atoms with Crippen molar-refractivity contribution in [3.8, 4) is 0 Å². The summed E-state index contributed by atoms with van der Waals surface area (Å²) in [5.74, 6) is 0.699. The van der Waals surface area contributed by atoms with Gasteiger partial charge in [-0.05, 0) is 134 Å². The number of carbonyl (C=O) groups excluding carboxylic acids is 2. The molecule has 0 unspecified atom stereocenters. The van der Waals surface area contributed by atoms with Gasteiger partial charge in [-0.15, -0.1) is 0 Å². The second-order valence-electron chi connectivity index (χ2n) is 21.5. The molecule has 5 rings (SSSR count). The van der Waals surface area contributed by atoms with E-state index in [1.165, 1.54) is 12.8 Å². The van der Waals surface area contributed by atoms with E-state index < -0.39 is 18.1 Å². The molecular formula is C46H78N2O6. The predicted octanol–water partition coefficient (Wildman–Crippen LogP) is 8.97. The molecule has 0 aliphatic heterocycles. The Morgan fingerprint density at radius 1 is 0.852 bits per heavy atom. The SMILES string of the molecule is CC(C)C[C@H](NC(=O)CCCCCCCNC(=O)[C@]12CCC(C)(C)C[C@H]1C1=CC[C@@H]3[C@@]4(C)CC[C@H](O)C(C)(C)[C@@H]4CC[C@@]3(C)[C@]1(C)CC2)[C@H](O)CC(=O)O. The minimum atomic E-state index is -1.10. The third kappa shape index (κ3) is 8.09. The highest BCUT2D eigenvalue weighted by molar-refractivity contribution is 5.84.